The van der Waals surface area contributed by atoms with E-state index in [1.54, 1.807) is 13.4 Å². The Balaban J connectivity index is 1.58. The van der Waals surface area contributed by atoms with E-state index in [0.29, 0.717) is 22.8 Å². The fourth-order valence-corrected chi connectivity index (χ4v) is 3.97. The summed E-state index contributed by atoms with van der Waals surface area (Å²) in [4.78, 5) is 24.4. The minimum Gasteiger partial charge on any atom is -0.376 e. The van der Waals surface area contributed by atoms with Gasteiger partial charge in [-0.1, -0.05) is 24.3 Å². The second-order valence-electron chi connectivity index (χ2n) is 8.64. The fourth-order valence-electron chi connectivity index (χ4n) is 3.97. The third-order valence-electron chi connectivity index (χ3n) is 5.62. The molecule has 1 atom stereocenters. The van der Waals surface area contributed by atoms with Crippen LogP contribution < -0.4 is 10.9 Å². The zero-order valence-corrected chi connectivity index (χ0v) is 18.8. The highest BCUT2D eigenvalue weighted by Gasteiger charge is 2.16. The second kappa shape index (κ2) is 9.16. The molecule has 164 valence electrons. The maximum absolute atomic E-state index is 12.7. The first-order valence-electron chi connectivity index (χ1n) is 11.0. The zero-order valence-electron chi connectivity index (χ0n) is 18.8. The predicted octanol–water partition coefficient (Wildman–Crippen LogP) is 3.08. The van der Waals surface area contributed by atoms with Crippen molar-refractivity contribution in [2.24, 2.45) is 7.05 Å². The molecule has 0 amide bonds. The van der Waals surface area contributed by atoms with Crippen LogP contribution in [-0.4, -0.2) is 57.8 Å². The lowest BCUT2D eigenvalue weighted by Crippen LogP contribution is -2.41. The molecule has 3 heterocycles. The standard InChI is InChI=1S/C24H31N5O2/c1-16(2)26-23-22-21(25-15-28(4)24(22)30)13-20(27-23)19-7-5-18(6-8-19)9-10-29-11-12-31-17(3)14-29/h5-8,13,15-17H,9-12,14H2,1-4H3,(H,26,27)/t17-/m1/s1. The lowest BCUT2D eigenvalue weighted by atomic mass is 10.1. The largest absolute Gasteiger partial charge is 0.376 e. The van der Waals surface area contributed by atoms with Gasteiger partial charge < -0.3 is 14.6 Å². The molecule has 7 heteroatoms. The highest BCUT2D eigenvalue weighted by molar-refractivity contribution is 5.91. The van der Waals surface area contributed by atoms with Gasteiger partial charge in [-0.2, -0.15) is 0 Å². The van der Waals surface area contributed by atoms with Crippen molar-refractivity contribution < 1.29 is 4.74 Å². The third-order valence-corrected chi connectivity index (χ3v) is 5.62. The van der Waals surface area contributed by atoms with Crippen molar-refractivity contribution >= 4 is 16.7 Å². The Morgan fingerprint density at radius 1 is 1.26 bits per heavy atom. The number of hydrogen-bond donors (Lipinski definition) is 1. The summed E-state index contributed by atoms with van der Waals surface area (Å²) >= 11 is 0. The van der Waals surface area contributed by atoms with Gasteiger partial charge >= 0.3 is 0 Å². The molecule has 31 heavy (non-hydrogen) atoms. The summed E-state index contributed by atoms with van der Waals surface area (Å²) in [6.45, 7) is 10.0. The summed E-state index contributed by atoms with van der Waals surface area (Å²) in [5, 5.41) is 3.84. The van der Waals surface area contributed by atoms with Crippen LogP contribution in [0.2, 0.25) is 0 Å². The summed E-state index contributed by atoms with van der Waals surface area (Å²) in [6.07, 6.45) is 2.88. The number of aromatic nitrogens is 3. The SMILES string of the molecule is CC(C)Nc1nc(-c2ccc(CCN3CCO[C@H](C)C3)cc2)cc2ncn(C)c(=O)c12. The van der Waals surface area contributed by atoms with Crippen molar-refractivity contribution in [1.82, 2.24) is 19.4 Å². The Morgan fingerprint density at radius 3 is 2.74 bits per heavy atom. The number of morpholine rings is 1. The van der Waals surface area contributed by atoms with Gasteiger partial charge in [0.25, 0.3) is 5.56 Å². The predicted molar refractivity (Wildman–Crippen MR) is 125 cm³/mol. The normalized spacial score (nSPS) is 17.4. The second-order valence-corrected chi connectivity index (χ2v) is 8.64. The Labute approximate surface area is 183 Å². The molecule has 1 aromatic carbocycles. The van der Waals surface area contributed by atoms with Crippen LogP contribution in [-0.2, 0) is 18.2 Å². The highest BCUT2D eigenvalue weighted by atomic mass is 16.5. The first-order valence-corrected chi connectivity index (χ1v) is 11.0. The molecule has 0 saturated carbocycles. The molecule has 1 saturated heterocycles. The van der Waals surface area contributed by atoms with Crippen LogP contribution in [0.3, 0.4) is 0 Å². The van der Waals surface area contributed by atoms with E-state index in [4.69, 9.17) is 9.72 Å². The topological polar surface area (TPSA) is 72.3 Å². The van der Waals surface area contributed by atoms with Crippen LogP contribution in [0.15, 0.2) is 41.5 Å². The number of nitrogens with zero attached hydrogens (tertiary/aromatic N) is 4. The van der Waals surface area contributed by atoms with Crippen LogP contribution in [0.5, 0.6) is 0 Å². The smallest absolute Gasteiger partial charge is 0.264 e. The zero-order chi connectivity index (χ0) is 22.0. The van der Waals surface area contributed by atoms with Gasteiger partial charge in [-0.15, -0.1) is 0 Å². The summed E-state index contributed by atoms with van der Waals surface area (Å²) < 4.78 is 7.11. The van der Waals surface area contributed by atoms with Gasteiger partial charge in [0, 0.05) is 38.3 Å². The maximum Gasteiger partial charge on any atom is 0.264 e. The van der Waals surface area contributed by atoms with Crippen LogP contribution in [0.1, 0.15) is 26.3 Å². The molecule has 1 aliphatic heterocycles. The molecule has 0 spiro atoms. The number of rotatable bonds is 6. The van der Waals surface area contributed by atoms with E-state index in [9.17, 15) is 4.79 Å². The Hall–Kier alpha value is -2.77. The average Bonchev–Trinajstić information content (AvgIpc) is 2.75. The van der Waals surface area contributed by atoms with E-state index < -0.39 is 0 Å². The Bertz CT molecular complexity index is 1110. The number of aryl methyl sites for hydroxylation is 1. The molecule has 0 aliphatic carbocycles. The quantitative estimate of drug-likeness (QED) is 0.660. The number of pyridine rings is 1. The van der Waals surface area contributed by atoms with Crippen molar-refractivity contribution in [3.8, 4) is 11.3 Å². The maximum atomic E-state index is 12.7. The average molecular weight is 422 g/mol. The van der Waals surface area contributed by atoms with Crippen LogP contribution in [0.4, 0.5) is 5.82 Å². The van der Waals surface area contributed by atoms with E-state index in [2.05, 4.69) is 46.4 Å². The monoisotopic (exact) mass is 421 g/mol. The number of hydrogen-bond acceptors (Lipinski definition) is 6. The van der Waals surface area contributed by atoms with Gasteiger partial charge in [0.15, 0.2) is 0 Å². The third kappa shape index (κ3) is 4.94. The molecule has 0 unspecified atom stereocenters. The highest BCUT2D eigenvalue weighted by Crippen LogP contribution is 2.25. The van der Waals surface area contributed by atoms with Crippen molar-refractivity contribution in [3.63, 3.8) is 0 Å². The van der Waals surface area contributed by atoms with Gasteiger partial charge in [0.05, 0.1) is 30.2 Å². The van der Waals surface area contributed by atoms with Gasteiger partial charge in [0.1, 0.15) is 11.2 Å². The van der Waals surface area contributed by atoms with Crippen LogP contribution in [0, 0.1) is 0 Å². The molecular formula is C24H31N5O2. The molecule has 1 aliphatic rings. The van der Waals surface area contributed by atoms with Gasteiger partial charge in [0.2, 0.25) is 0 Å². The van der Waals surface area contributed by atoms with Crippen molar-refractivity contribution in [1.29, 1.82) is 0 Å². The summed E-state index contributed by atoms with van der Waals surface area (Å²) in [7, 11) is 1.71. The summed E-state index contributed by atoms with van der Waals surface area (Å²) in [5.41, 5.74) is 3.68. The van der Waals surface area contributed by atoms with E-state index in [0.717, 1.165) is 43.9 Å². The molecule has 1 N–H and O–H groups in total. The van der Waals surface area contributed by atoms with Gasteiger partial charge in [-0.25, -0.2) is 9.97 Å². The molecular weight excluding hydrogens is 390 g/mol. The lowest BCUT2D eigenvalue weighted by molar-refractivity contribution is -0.0177. The molecule has 7 nitrogen and oxygen atoms in total. The van der Waals surface area contributed by atoms with E-state index >= 15 is 0 Å². The van der Waals surface area contributed by atoms with E-state index in [-0.39, 0.29) is 11.6 Å². The molecule has 0 radical (unpaired) electrons. The van der Waals surface area contributed by atoms with Crippen molar-refractivity contribution in [2.75, 3.05) is 31.6 Å². The van der Waals surface area contributed by atoms with Crippen molar-refractivity contribution in [2.45, 2.75) is 39.3 Å². The van der Waals surface area contributed by atoms with E-state index in [1.165, 1.54) is 10.1 Å². The Kier molecular flexibility index (Phi) is 6.34. The van der Waals surface area contributed by atoms with Crippen LogP contribution >= 0.6 is 0 Å². The number of benzene rings is 1. The minimum atomic E-state index is -0.0972. The minimum absolute atomic E-state index is 0.0972. The van der Waals surface area contributed by atoms with Gasteiger partial charge in [-0.05, 0) is 38.8 Å². The fraction of sp³-hybridized carbons (Fsp3) is 0.458. The Morgan fingerprint density at radius 2 is 2.03 bits per heavy atom. The van der Waals surface area contributed by atoms with E-state index in [1.807, 2.05) is 19.9 Å². The first-order chi connectivity index (χ1) is 14.9. The van der Waals surface area contributed by atoms with Crippen molar-refractivity contribution in [3.05, 3.63) is 52.6 Å². The van der Waals surface area contributed by atoms with Gasteiger partial charge in [-0.3, -0.25) is 9.69 Å². The lowest BCUT2D eigenvalue weighted by Gasteiger charge is -2.31. The molecule has 4 rings (SSSR count). The number of fused-ring (bicyclic) bond motifs is 1. The first kappa shape index (κ1) is 21.5. The molecule has 0 bridgehead atoms. The van der Waals surface area contributed by atoms with Crippen LogP contribution in [0.25, 0.3) is 22.2 Å². The number of anilines is 1. The molecule has 3 aromatic rings. The number of ether oxygens (including phenoxy) is 1. The summed E-state index contributed by atoms with van der Waals surface area (Å²) in [5.74, 6) is 0.585. The number of nitrogens with one attached hydrogen (secondary N) is 1. The molecule has 1 fully saturated rings. The molecule has 2 aromatic heterocycles. The summed E-state index contributed by atoms with van der Waals surface area (Å²) in [6, 6.07) is 10.6.